The van der Waals surface area contributed by atoms with E-state index >= 15 is 0 Å². The zero-order valence-electron chi connectivity index (χ0n) is 6.73. The molecule has 16 heavy (non-hydrogen) atoms. The van der Waals surface area contributed by atoms with Crippen molar-refractivity contribution in [1.82, 2.24) is 0 Å². The van der Waals surface area contributed by atoms with Crippen LogP contribution in [-0.4, -0.2) is 147 Å². The van der Waals surface area contributed by atoms with Gasteiger partial charge >= 0.3 is 121 Å². The number of carboxylic acid groups (broad SMARTS) is 3. The summed E-state index contributed by atoms with van der Waals surface area (Å²) in [5.74, 6) is -5.02. The molecule has 0 aliphatic rings. The first kappa shape index (κ1) is 26.7. The molecule has 0 bridgehead atoms. The Bertz CT molecular complexity index is 241. The molecule has 0 aromatic heterocycles. The van der Waals surface area contributed by atoms with Crippen molar-refractivity contribution in [2.75, 3.05) is 0 Å². The summed E-state index contributed by atoms with van der Waals surface area (Å²) in [6.07, 6.45) is -2.29. The average Bonchev–Trinajstić information content (AvgIpc) is 1.82. The molecule has 4 N–H and O–H groups in total. The van der Waals surface area contributed by atoms with E-state index in [2.05, 4.69) is 0 Å². The summed E-state index contributed by atoms with van der Waals surface area (Å²) in [5.41, 5.74) is -2.74. The van der Waals surface area contributed by atoms with Gasteiger partial charge in [0.25, 0.3) is 0 Å². The molecule has 0 aliphatic carbocycles. The fourth-order valence-electron chi connectivity index (χ4n) is 0.714. The average molecular weight is 336 g/mol. The topological polar surface area (TPSA) is 132 Å². The number of carbonyl (C=O) groups is 3. The first-order valence-corrected chi connectivity index (χ1v) is 3.17. The molecule has 1 radical (unpaired) electrons. The standard InChI is InChI=1S/C6H8O7.Cu.2K.2H/c7-3(8)1-6(13,5(11)12)2-4(9)10;;;;;/h13H,1-2H2,(H,7,8)(H,9,10)(H,11,12);;;;;. The number of hydrogen-bond acceptors (Lipinski definition) is 4. The molecular formula is C6H10CuK2O7. The van der Waals surface area contributed by atoms with Gasteiger partial charge in [-0.05, 0) is 0 Å². The summed E-state index contributed by atoms with van der Waals surface area (Å²) < 4.78 is 0. The van der Waals surface area contributed by atoms with Gasteiger partial charge in [-0.1, -0.05) is 0 Å². The monoisotopic (exact) mass is 335 g/mol. The molecule has 0 saturated carbocycles. The summed E-state index contributed by atoms with van der Waals surface area (Å²) in [5, 5.41) is 33.8. The van der Waals surface area contributed by atoms with Crippen LogP contribution >= 0.6 is 0 Å². The van der Waals surface area contributed by atoms with Crippen molar-refractivity contribution in [1.29, 1.82) is 0 Å². The number of rotatable bonds is 5. The van der Waals surface area contributed by atoms with Gasteiger partial charge in [-0.2, -0.15) is 0 Å². The second-order valence-electron chi connectivity index (χ2n) is 2.48. The van der Waals surface area contributed by atoms with Crippen LogP contribution in [0.3, 0.4) is 0 Å². The molecule has 0 fully saturated rings. The first-order valence-electron chi connectivity index (χ1n) is 3.17. The fraction of sp³-hybridized carbons (Fsp3) is 0.500. The second-order valence-corrected chi connectivity index (χ2v) is 2.48. The van der Waals surface area contributed by atoms with Crippen molar-refractivity contribution < 1.29 is 51.9 Å². The van der Waals surface area contributed by atoms with Crippen molar-refractivity contribution in [3.05, 3.63) is 0 Å². The van der Waals surface area contributed by atoms with Crippen molar-refractivity contribution in [3.8, 4) is 0 Å². The van der Waals surface area contributed by atoms with E-state index in [0.29, 0.717) is 0 Å². The summed E-state index contributed by atoms with van der Waals surface area (Å²) in [4.78, 5) is 30.5. The molecule has 0 heterocycles. The summed E-state index contributed by atoms with van der Waals surface area (Å²) in [7, 11) is 0. The predicted octanol–water partition coefficient (Wildman–Crippen LogP) is -2.55. The Balaban J connectivity index is -0.000000240. The number of hydrogen-bond donors (Lipinski definition) is 4. The fourth-order valence-corrected chi connectivity index (χ4v) is 0.714. The van der Waals surface area contributed by atoms with Crippen LogP contribution in [0.25, 0.3) is 0 Å². The van der Waals surface area contributed by atoms with E-state index in [-0.39, 0.29) is 120 Å². The van der Waals surface area contributed by atoms with E-state index in [1.54, 1.807) is 0 Å². The molecule has 0 aromatic rings. The van der Waals surface area contributed by atoms with Crippen LogP contribution in [-0.2, 0) is 31.5 Å². The molecule has 0 aromatic carbocycles. The van der Waals surface area contributed by atoms with Crippen molar-refractivity contribution >= 4 is 121 Å². The number of aliphatic carboxylic acids is 3. The molecule has 0 unspecified atom stereocenters. The Morgan fingerprint density at radius 2 is 1.12 bits per heavy atom. The molecule has 89 valence electrons. The van der Waals surface area contributed by atoms with Crippen LogP contribution in [0.4, 0.5) is 0 Å². The predicted molar refractivity (Wildman–Crippen MR) is 51.4 cm³/mol. The molecular weight excluding hydrogens is 326 g/mol. The number of aliphatic hydroxyl groups is 1. The van der Waals surface area contributed by atoms with Crippen LogP contribution in [0.1, 0.15) is 12.8 Å². The van der Waals surface area contributed by atoms with E-state index in [4.69, 9.17) is 20.4 Å². The van der Waals surface area contributed by atoms with Gasteiger partial charge in [-0.25, -0.2) is 4.79 Å². The van der Waals surface area contributed by atoms with Gasteiger partial charge in [-0.15, -0.1) is 0 Å². The third kappa shape index (κ3) is 11.3. The molecule has 7 nitrogen and oxygen atoms in total. The summed E-state index contributed by atoms with van der Waals surface area (Å²) in [6, 6.07) is 0. The maximum atomic E-state index is 10.3. The van der Waals surface area contributed by atoms with Gasteiger partial charge in [0.2, 0.25) is 0 Å². The first-order chi connectivity index (χ1) is 5.78. The molecule has 0 rings (SSSR count). The minimum atomic E-state index is -2.74. The summed E-state index contributed by atoms with van der Waals surface area (Å²) >= 11 is 0. The van der Waals surface area contributed by atoms with E-state index in [1.165, 1.54) is 0 Å². The minimum absolute atomic E-state index is 0. The Kier molecular flexibility index (Phi) is 20.4. The molecule has 0 spiro atoms. The Labute approximate surface area is 187 Å². The molecule has 0 aliphatic heterocycles. The van der Waals surface area contributed by atoms with Crippen molar-refractivity contribution in [3.63, 3.8) is 0 Å². The van der Waals surface area contributed by atoms with E-state index in [0.717, 1.165) is 0 Å². The Morgan fingerprint density at radius 3 is 1.25 bits per heavy atom. The molecule has 10 heteroatoms. The normalized spacial score (nSPS) is 8.81. The Hall–Kier alpha value is 2.16. The van der Waals surface area contributed by atoms with Gasteiger partial charge in [-0.3, -0.25) is 9.59 Å². The molecule has 0 amide bonds. The van der Waals surface area contributed by atoms with Crippen LogP contribution in [0.5, 0.6) is 0 Å². The van der Waals surface area contributed by atoms with E-state index in [9.17, 15) is 14.4 Å². The van der Waals surface area contributed by atoms with Gasteiger partial charge in [0.15, 0.2) is 5.60 Å². The third-order valence-electron chi connectivity index (χ3n) is 1.29. The van der Waals surface area contributed by atoms with Gasteiger partial charge in [0.05, 0.1) is 12.8 Å². The zero-order valence-corrected chi connectivity index (χ0v) is 7.67. The van der Waals surface area contributed by atoms with Crippen LogP contribution in [0.2, 0.25) is 0 Å². The molecule has 0 atom stereocenters. The van der Waals surface area contributed by atoms with Crippen molar-refractivity contribution in [2.24, 2.45) is 0 Å². The molecule has 0 saturated heterocycles. The number of carboxylic acids is 3. The third-order valence-corrected chi connectivity index (χ3v) is 1.29. The van der Waals surface area contributed by atoms with E-state index < -0.39 is 36.4 Å². The van der Waals surface area contributed by atoms with Crippen LogP contribution in [0, 0.1) is 0 Å². The maximum absolute atomic E-state index is 10.3. The SMILES string of the molecule is O=C(O)CC(O)(CC(=O)O)C(=O)O.[Cu].[KH].[KH]. The van der Waals surface area contributed by atoms with Gasteiger partial charge in [0, 0.05) is 17.1 Å². The van der Waals surface area contributed by atoms with Gasteiger partial charge in [0.1, 0.15) is 0 Å². The summed E-state index contributed by atoms with van der Waals surface area (Å²) in [6.45, 7) is 0. The second kappa shape index (κ2) is 12.2. The van der Waals surface area contributed by atoms with Crippen LogP contribution in [0.15, 0.2) is 0 Å². The van der Waals surface area contributed by atoms with E-state index in [1.807, 2.05) is 0 Å². The van der Waals surface area contributed by atoms with Gasteiger partial charge < -0.3 is 20.4 Å². The zero-order chi connectivity index (χ0) is 10.6. The quantitative estimate of drug-likeness (QED) is 0.407. The van der Waals surface area contributed by atoms with Crippen molar-refractivity contribution in [2.45, 2.75) is 18.4 Å². The Morgan fingerprint density at radius 1 is 0.875 bits per heavy atom. The van der Waals surface area contributed by atoms with Crippen LogP contribution < -0.4 is 0 Å².